The lowest BCUT2D eigenvalue weighted by atomic mass is 9.99. The predicted octanol–water partition coefficient (Wildman–Crippen LogP) is 2.67. The summed E-state index contributed by atoms with van der Waals surface area (Å²) in [4.78, 5) is 5.28. The predicted molar refractivity (Wildman–Crippen MR) is 72.6 cm³/mol. The summed E-state index contributed by atoms with van der Waals surface area (Å²) in [6.45, 7) is 7.22. The van der Waals surface area contributed by atoms with E-state index in [0.717, 1.165) is 6.04 Å². The SMILES string of the molecule is Cc1ccccc1N1CCN2CCCCC2C1. The fourth-order valence-corrected chi connectivity index (χ4v) is 3.29. The Morgan fingerprint density at radius 1 is 1.06 bits per heavy atom. The Morgan fingerprint density at radius 3 is 2.82 bits per heavy atom. The van der Waals surface area contributed by atoms with Crippen molar-refractivity contribution in [1.82, 2.24) is 4.90 Å². The molecule has 0 radical (unpaired) electrons. The molecule has 2 heterocycles. The summed E-state index contributed by atoms with van der Waals surface area (Å²) in [7, 11) is 0. The maximum atomic E-state index is 2.69. The number of benzene rings is 1. The molecule has 0 saturated carbocycles. The largest absolute Gasteiger partial charge is 0.368 e. The van der Waals surface area contributed by atoms with Crippen LogP contribution in [0.1, 0.15) is 24.8 Å². The van der Waals surface area contributed by atoms with Crippen molar-refractivity contribution < 1.29 is 0 Å². The average molecular weight is 230 g/mol. The first-order valence-corrected chi connectivity index (χ1v) is 6.89. The zero-order valence-electron chi connectivity index (χ0n) is 10.7. The van der Waals surface area contributed by atoms with Crippen molar-refractivity contribution in [2.75, 3.05) is 31.1 Å². The summed E-state index contributed by atoms with van der Waals surface area (Å²) < 4.78 is 0. The number of hydrogen-bond acceptors (Lipinski definition) is 2. The van der Waals surface area contributed by atoms with Crippen LogP contribution in [0.15, 0.2) is 24.3 Å². The van der Waals surface area contributed by atoms with Gasteiger partial charge in [-0.05, 0) is 37.9 Å². The van der Waals surface area contributed by atoms with Gasteiger partial charge in [0.25, 0.3) is 0 Å². The fourth-order valence-electron chi connectivity index (χ4n) is 3.29. The highest BCUT2D eigenvalue weighted by Gasteiger charge is 2.29. The van der Waals surface area contributed by atoms with Crippen LogP contribution >= 0.6 is 0 Å². The second-order valence-corrected chi connectivity index (χ2v) is 5.42. The van der Waals surface area contributed by atoms with Crippen molar-refractivity contribution in [3.63, 3.8) is 0 Å². The maximum Gasteiger partial charge on any atom is 0.0396 e. The number of piperidine rings is 1. The van der Waals surface area contributed by atoms with Crippen LogP contribution in [0.25, 0.3) is 0 Å². The molecule has 17 heavy (non-hydrogen) atoms. The van der Waals surface area contributed by atoms with Gasteiger partial charge < -0.3 is 4.90 Å². The van der Waals surface area contributed by atoms with E-state index in [1.54, 1.807) is 0 Å². The zero-order chi connectivity index (χ0) is 11.7. The molecule has 2 aliphatic rings. The molecule has 1 aromatic rings. The van der Waals surface area contributed by atoms with Crippen molar-refractivity contribution in [3.05, 3.63) is 29.8 Å². The molecule has 0 spiro atoms. The van der Waals surface area contributed by atoms with E-state index in [4.69, 9.17) is 0 Å². The van der Waals surface area contributed by atoms with Gasteiger partial charge in [0, 0.05) is 31.4 Å². The molecular weight excluding hydrogens is 208 g/mol. The van der Waals surface area contributed by atoms with Gasteiger partial charge in [0.2, 0.25) is 0 Å². The molecule has 3 rings (SSSR count). The van der Waals surface area contributed by atoms with Crippen LogP contribution in [-0.2, 0) is 0 Å². The number of hydrogen-bond donors (Lipinski definition) is 0. The van der Waals surface area contributed by atoms with Crippen molar-refractivity contribution >= 4 is 5.69 Å². The van der Waals surface area contributed by atoms with Gasteiger partial charge in [-0.1, -0.05) is 24.6 Å². The number of rotatable bonds is 1. The topological polar surface area (TPSA) is 6.48 Å². The van der Waals surface area contributed by atoms with E-state index in [1.165, 1.54) is 56.7 Å². The fraction of sp³-hybridized carbons (Fsp3) is 0.600. The molecule has 2 heteroatoms. The third kappa shape index (κ3) is 2.19. The molecular formula is C15H22N2. The molecule has 0 aliphatic carbocycles. The van der Waals surface area contributed by atoms with Gasteiger partial charge >= 0.3 is 0 Å². The smallest absolute Gasteiger partial charge is 0.0396 e. The highest BCUT2D eigenvalue weighted by atomic mass is 15.3. The summed E-state index contributed by atoms with van der Waals surface area (Å²) in [5.74, 6) is 0. The molecule has 92 valence electrons. The Bertz CT molecular complexity index is 388. The van der Waals surface area contributed by atoms with Crippen molar-refractivity contribution in [3.8, 4) is 0 Å². The van der Waals surface area contributed by atoms with E-state index in [0.29, 0.717) is 0 Å². The second kappa shape index (κ2) is 4.69. The quantitative estimate of drug-likeness (QED) is 0.732. The first-order valence-electron chi connectivity index (χ1n) is 6.89. The minimum absolute atomic E-state index is 0.803. The molecule has 2 nitrogen and oxygen atoms in total. The van der Waals surface area contributed by atoms with Crippen molar-refractivity contribution in [2.24, 2.45) is 0 Å². The van der Waals surface area contributed by atoms with Crippen LogP contribution in [-0.4, -0.2) is 37.1 Å². The van der Waals surface area contributed by atoms with Crippen LogP contribution in [0, 0.1) is 6.92 Å². The van der Waals surface area contributed by atoms with Gasteiger partial charge in [0.05, 0.1) is 0 Å². The number of aryl methyl sites for hydroxylation is 1. The van der Waals surface area contributed by atoms with E-state index in [2.05, 4.69) is 41.0 Å². The van der Waals surface area contributed by atoms with E-state index in [-0.39, 0.29) is 0 Å². The van der Waals surface area contributed by atoms with Gasteiger partial charge in [-0.15, -0.1) is 0 Å². The van der Waals surface area contributed by atoms with Crippen molar-refractivity contribution in [2.45, 2.75) is 32.2 Å². The van der Waals surface area contributed by atoms with Gasteiger partial charge in [-0.25, -0.2) is 0 Å². The third-order valence-electron chi connectivity index (χ3n) is 4.29. The summed E-state index contributed by atoms with van der Waals surface area (Å²) in [5.41, 5.74) is 2.86. The first kappa shape index (κ1) is 11.1. The summed E-state index contributed by atoms with van der Waals surface area (Å²) >= 11 is 0. The Hall–Kier alpha value is -1.02. The monoisotopic (exact) mass is 230 g/mol. The Kier molecular flexibility index (Phi) is 3.06. The van der Waals surface area contributed by atoms with Crippen LogP contribution in [0.5, 0.6) is 0 Å². The van der Waals surface area contributed by atoms with Gasteiger partial charge in [-0.2, -0.15) is 0 Å². The Labute approximate surface area is 104 Å². The molecule has 2 aliphatic heterocycles. The number of fused-ring (bicyclic) bond motifs is 1. The lowest BCUT2D eigenvalue weighted by Crippen LogP contribution is -2.55. The molecule has 0 bridgehead atoms. The van der Waals surface area contributed by atoms with E-state index in [9.17, 15) is 0 Å². The molecule has 2 saturated heterocycles. The van der Waals surface area contributed by atoms with Crippen molar-refractivity contribution in [1.29, 1.82) is 0 Å². The average Bonchev–Trinajstić information content (AvgIpc) is 2.39. The lowest BCUT2D eigenvalue weighted by molar-refractivity contribution is 0.133. The molecule has 1 atom stereocenters. The summed E-state index contributed by atoms with van der Waals surface area (Å²) in [6.07, 6.45) is 4.21. The van der Waals surface area contributed by atoms with Gasteiger partial charge in [-0.3, -0.25) is 4.90 Å². The maximum absolute atomic E-state index is 2.69. The normalized spacial score (nSPS) is 25.7. The second-order valence-electron chi connectivity index (χ2n) is 5.42. The number of anilines is 1. The minimum Gasteiger partial charge on any atom is -0.368 e. The van der Waals surface area contributed by atoms with E-state index in [1.807, 2.05) is 0 Å². The Morgan fingerprint density at radius 2 is 1.94 bits per heavy atom. The van der Waals surface area contributed by atoms with E-state index < -0.39 is 0 Å². The zero-order valence-corrected chi connectivity index (χ0v) is 10.7. The molecule has 1 aromatic carbocycles. The minimum atomic E-state index is 0.803. The Balaban J connectivity index is 1.76. The first-order chi connectivity index (χ1) is 8.34. The molecule has 2 fully saturated rings. The number of para-hydroxylation sites is 1. The van der Waals surface area contributed by atoms with Crippen LogP contribution < -0.4 is 4.90 Å². The van der Waals surface area contributed by atoms with E-state index >= 15 is 0 Å². The summed E-state index contributed by atoms with van der Waals surface area (Å²) in [6, 6.07) is 9.60. The highest BCUT2D eigenvalue weighted by Crippen LogP contribution is 2.26. The van der Waals surface area contributed by atoms with Gasteiger partial charge in [0.1, 0.15) is 0 Å². The molecule has 0 N–H and O–H groups in total. The van der Waals surface area contributed by atoms with Crippen LogP contribution in [0.4, 0.5) is 5.69 Å². The van der Waals surface area contributed by atoms with Crippen LogP contribution in [0.3, 0.4) is 0 Å². The molecule has 1 unspecified atom stereocenters. The standard InChI is InChI=1S/C15H22N2/c1-13-6-2-3-8-15(13)17-11-10-16-9-5-4-7-14(16)12-17/h2-3,6,8,14H,4-5,7,9-12H2,1H3. The molecule has 0 aromatic heterocycles. The molecule has 0 amide bonds. The number of piperazine rings is 1. The van der Waals surface area contributed by atoms with Gasteiger partial charge in [0.15, 0.2) is 0 Å². The lowest BCUT2D eigenvalue weighted by Gasteiger charge is -2.45. The third-order valence-corrected chi connectivity index (χ3v) is 4.29. The summed E-state index contributed by atoms with van der Waals surface area (Å²) in [5, 5.41) is 0. The highest BCUT2D eigenvalue weighted by molar-refractivity contribution is 5.53. The number of nitrogens with zero attached hydrogens (tertiary/aromatic N) is 2. The van der Waals surface area contributed by atoms with Crippen LogP contribution in [0.2, 0.25) is 0 Å².